The van der Waals surface area contributed by atoms with Gasteiger partial charge in [0, 0.05) is 0 Å². The molecule has 0 fully saturated rings. The number of halogens is 3. The molecule has 0 aliphatic heterocycles. The Morgan fingerprint density at radius 3 is 2.00 bits per heavy atom. The molecule has 0 bridgehead atoms. The second-order valence-electron chi connectivity index (χ2n) is 0.911. The van der Waals surface area contributed by atoms with Crippen molar-refractivity contribution in [3.63, 3.8) is 0 Å². The number of hydrogen-bond acceptors (Lipinski definition) is 0. The van der Waals surface area contributed by atoms with Crippen LogP contribution in [0.3, 0.4) is 0 Å². The van der Waals surface area contributed by atoms with E-state index in [2.05, 4.69) is 4.85 Å². The third-order valence-electron chi connectivity index (χ3n) is 0.324. The van der Waals surface area contributed by atoms with Crippen molar-refractivity contribution >= 4 is 34.8 Å². The van der Waals surface area contributed by atoms with Crippen LogP contribution in [0.15, 0.2) is 0 Å². The second kappa shape index (κ2) is 2.61. The first kappa shape index (κ1) is 7.36. The van der Waals surface area contributed by atoms with Crippen molar-refractivity contribution in [2.24, 2.45) is 0 Å². The summed E-state index contributed by atoms with van der Waals surface area (Å²) >= 11 is 15.5. The van der Waals surface area contributed by atoms with Crippen LogP contribution in [0.5, 0.6) is 0 Å². The monoisotopic (exact) mass is 157 g/mol. The number of nitrogens with zero attached hydrogens (tertiary/aromatic N) is 1. The Morgan fingerprint density at radius 2 is 2.00 bits per heavy atom. The van der Waals surface area contributed by atoms with E-state index in [-0.39, 0.29) is 5.88 Å². The van der Waals surface area contributed by atoms with E-state index in [9.17, 15) is 0 Å². The van der Waals surface area contributed by atoms with Crippen LogP contribution >= 0.6 is 34.8 Å². The van der Waals surface area contributed by atoms with Crippen molar-refractivity contribution in [1.29, 1.82) is 0 Å². The van der Waals surface area contributed by atoms with Crippen molar-refractivity contribution in [2.75, 3.05) is 5.88 Å². The van der Waals surface area contributed by atoms with Crippen LogP contribution < -0.4 is 0 Å². The normalized spacial score (nSPS) is 10.6. The average Bonchev–Trinajstić information content (AvgIpc) is 1.68. The summed E-state index contributed by atoms with van der Waals surface area (Å²) in [5.74, 6) is -0.0559. The van der Waals surface area contributed by atoms with Gasteiger partial charge >= 0.3 is 4.46 Å². The highest BCUT2D eigenvalue weighted by atomic mass is 35.5. The fourth-order valence-corrected chi connectivity index (χ4v) is 0.0896. The molecule has 0 rings (SSSR count). The van der Waals surface area contributed by atoms with Gasteiger partial charge < -0.3 is 0 Å². The highest BCUT2D eigenvalue weighted by Crippen LogP contribution is 2.23. The Bertz CT molecular complexity index is 92.8. The minimum Gasteiger partial charge on any atom is -0.275 e. The van der Waals surface area contributed by atoms with Crippen LogP contribution in [0, 0.1) is 6.57 Å². The molecule has 0 saturated heterocycles. The highest BCUT2D eigenvalue weighted by molar-refractivity contribution is 6.52. The van der Waals surface area contributed by atoms with Gasteiger partial charge in [0.1, 0.15) is 5.88 Å². The van der Waals surface area contributed by atoms with Crippen LogP contribution in [-0.2, 0) is 0 Å². The van der Waals surface area contributed by atoms with Crippen LogP contribution in [0.1, 0.15) is 0 Å². The molecule has 40 valence electrons. The Balaban J connectivity index is 3.66. The molecular weight excluding hydrogens is 156 g/mol. The smallest absolute Gasteiger partial charge is 0.275 e. The van der Waals surface area contributed by atoms with Crippen molar-refractivity contribution in [2.45, 2.75) is 4.46 Å². The summed E-state index contributed by atoms with van der Waals surface area (Å²) in [5.41, 5.74) is 0. The average molecular weight is 158 g/mol. The van der Waals surface area contributed by atoms with Gasteiger partial charge in [0.2, 0.25) is 0 Å². The van der Waals surface area contributed by atoms with Gasteiger partial charge in [-0.25, -0.2) is 6.57 Å². The molecule has 0 aliphatic rings. The maximum Gasteiger partial charge on any atom is 0.395 e. The van der Waals surface area contributed by atoms with Gasteiger partial charge in [-0.3, -0.25) is 4.85 Å². The molecular formula is C3H2Cl3N. The molecule has 0 aromatic rings. The third-order valence-corrected chi connectivity index (χ3v) is 1.42. The Morgan fingerprint density at radius 1 is 1.57 bits per heavy atom. The Labute approximate surface area is 57.0 Å². The van der Waals surface area contributed by atoms with Crippen molar-refractivity contribution < 1.29 is 0 Å². The SMILES string of the molecule is [C-]#[N+]C(Cl)(Cl)CCl. The first-order valence-electron chi connectivity index (χ1n) is 1.45. The Kier molecular flexibility index (Phi) is 2.75. The summed E-state index contributed by atoms with van der Waals surface area (Å²) in [6.07, 6.45) is 0. The maximum absolute atomic E-state index is 6.28. The summed E-state index contributed by atoms with van der Waals surface area (Å²) in [5, 5.41) is 0. The Hall–Kier alpha value is 0.360. The summed E-state index contributed by atoms with van der Waals surface area (Å²) in [6.45, 7) is 6.28. The quantitative estimate of drug-likeness (QED) is 0.313. The van der Waals surface area contributed by atoms with E-state index in [0.717, 1.165) is 0 Å². The van der Waals surface area contributed by atoms with Crippen molar-refractivity contribution in [3.05, 3.63) is 11.4 Å². The van der Waals surface area contributed by atoms with E-state index < -0.39 is 4.46 Å². The van der Waals surface area contributed by atoms with Gasteiger partial charge in [-0.15, -0.1) is 11.6 Å². The lowest BCUT2D eigenvalue weighted by Gasteiger charge is -1.95. The van der Waals surface area contributed by atoms with Gasteiger partial charge in [-0.2, -0.15) is 0 Å². The molecule has 4 heteroatoms. The van der Waals surface area contributed by atoms with E-state index in [1.807, 2.05) is 0 Å². The van der Waals surface area contributed by atoms with Gasteiger partial charge in [0.25, 0.3) is 0 Å². The van der Waals surface area contributed by atoms with Gasteiger partial charge in [0.15, 0.2) is 0 Å². The maximum atomic E-state index is 6.28. The van der Waals surface area contributed by atoms with E-state index in [0.29, 0.717) is 0 Å². The summed E-state index contributed by atoms with van der Waals surface area (Å²) in [6, 6.07) is 0. The van der Waals surface area contributed by atoms with E-state index in [1.165, 1.54) is 0 Å². The molecule has 0 radical (unpaired) electrons. The van der Waals surface area contributed by atoms with Gasteiger partial charge in [-0.1, -0.05) is 0 Å². The molecule has 0 aliphatic carbocycles. The molecule has 0 heterocycles. The van der Waals surface area contributed by atoms with Crippen molar-refractivity contribution in [3.8, 4) is 0 Å². The zero-order chi connectivity index (χ0) is 5.91. The van der Waals surface area contributed by atoms with Crippen LogP contribution in [0.4, 0.5) is 0 Å². The minimum absolute atomic E-state index is 0.0559. The molecule has 0 spiro atoms. The lowest BCUT2D eigenvalue weighted by Crippen LogP contribution is -2.06. The van der Waals surface area contributed by atoms with Crippen molar-refractivity contribution in [1.82, 2.24) is 0 Å². The number of alkyl halides is 3. The topological polar surface area (TPSA) is 4.36 Å². The number of rotatable bonds is 1. The first-order valence-corrected chi connectivity index (χ1v) is 2.74. The zero-order valence-electron chi connectivity index (χ0n) is 3.29. The largest absolute Gasteiger partial charge is 0.395 e. The van der Waals surface area contributed by atoms with Crippen LogP contribution in [0.25, 0.3) is 4.85 Å². The summed E-state index contributed by atoms with van der Waals surface area (Å²) < 4.78 is -1.42. The minimum atomic E-state index is -1.42. The lowest BCUT2D eigenvalue weighted by molar-refractivity contribution is 1.12. The molecule has 0 unspecified atom stereocenters. The fraction of sp³-hybridized carbons (Fsp3) is 0.667. The predicted molar refractivity (Wildman–Crippen MR) is 31.8 cm³/mol. The standard InChI is InChI=1S/C3H2Cl3N/c1-7-3(5,6)2-4/h2H2. The highest BCUT2D eigenvalue weighted by Gasteiger charge is 2.27. The lowest BCUT2D eigenvalue weighted by atomic mass is 10.8. The second-order valence-corrected chi connectivity index (χ2v) is 2.62. The first-order chi connectivity index (χ1) is 3.12. The molecule has 0 aromatic heterocycles. The van der Waals surface area contributed by atoms with Crippen LogP contribution in [0.2, 0.25) is 0 Å². The fourth-order valence-electron chi connectivity index (χ4n) is 0.0299. The van der Waals surface area contributed by atoms with Gasteiger partial charge in [0.05, 0.1) is 0 Å². The predicted octanol–water partition coefficient (Wildman–Crippen LogP) is 2.28. The van der Waals surface area contributed by atoms with E-state index >= 15 is 0 Å². The summed E-state index contributed by atoms with van der Waals surface area (Å²) in [7, 11) is 0. The van der Waals surface area contributed by atoms with E-state index in [1.54, 1.807) is 0 Å². The molecule has 7 heavy (non-hydrogen) atoms. The summed E-state index contributed by atoms with van der Waals surface area (Å²) in [4.78, 5) is 2.79. The molecule has 0 N–H and O–H groups in total. The molecule has 0 saturated carbocycles. The molecule has 1 nitrogen and oxygen atoms in total. The van der Waals surface area contributed by atoms with E-state index in [4.69, 9.17) is 41.4 Å². The molecule has 0 amide bonds. The zero-order valence-corrected chi connectivity index (χ0v) is 5.56. The molecule has 0 atom stereocenters. The van der Waals surface area contributed by atoms with Gasteiger partial charge in [-0.05, 0) is 23.2 Å². The number of hydrogen-bond donors (Lipinski definition) is 0. The third kappa shape index (κ3) is 2.99. The van der Waals surface area contributed by atoms with Crippen LogP contribution in [-0.4, -0.2) is 10.3 Å². The molecule has 0 aromatic carbocycles.